The Bertz CT molecular complexity index is 580. The first-order valence-corrected chi connectivity index (χ1v) is 8.47. The van der Waals surface area contributed by atoms with Crippen LogP contribution in [-0.2, 0) is 6.54 Å². The number of halogens is 2. The third kappa shape index (κ3) is 4.04. The van der Waals surface area contributed by atoms with Gasteiger partial charge in [0.25, 0.3) is 0 Å². The van der Waals surface area contributed by atoms with Crippen molar-refractivity contribution in [2.75, 3.05) is 26.8 Å². The number of hydrogen-bond donors (Lipinski definition) is 1. The van der Waals surface area contributed by atoms with Crippen LogP contribution in [0.2, 0.25) is 5.02 Å². The zero-order valence-corrected chi connectivity index (χ0v) is 14.2. The molecule has 3 rings (SSSR count). The average Bonchev–Trinajstić information content (AvgIpc) is 2.50. The highest BCUT2D eigenvalue weighted by molar-refractivity contribution is 6.31. The Labute approximate surface area is 142 Å². The minimum Gasteiger partial charge on any atom is -0.368 e. The smallest absolute Gasteiger partial charge is 0.124 e. The van der Waals surface area contributed by atoms with Gasteiger partial charge in [0.15, 0.2) is 0 Å². The van der Waals surface area contributed by atoms with E-state index < -0.39 is 0 Å². The van der Waals surface area contributed by atoms with Crippen LogP contribution in [0.4, 0.5) is 4.39 Å². The summed E-state index contributed by atoms with van der Waals surface area (Å²) in [4.78, 5) is 6.91. The van der Waals surface area contributed by atoms with Crippen LogP contribution in [0, 0.1) is 5.82 Å². The molecule has 23 heavy (non-hydrogen) atoms. The molecule has 0 radical (unpaired) electrons. The first-order chi connectivity index (χ1) is 11.0. The summed E-state index contributed by atoms with van der Waals surface area (Å²) in [7, 11) is 2.05. The van der Waals surface area contributed by atoms with Crippen molar-refractivity contribution in [2.24, 2.45) is 5.73 Å². The number of rotatable bonds is 3. The predicted molar refractivity (Wildman–Crippen MR) is 91.3 cm³/mol. The topological polar surface area (TPSA) is 35.7 Å². The minimum absolute atomic E-state index is 0.207. The minimum atomic E-state index is -0.298. The normalized spacial score (nSPS) is 26.7. The predicted octanol–water partition coefficient (Wildman–Crippen LogP) is 2.45. The number of likely N-dealkylation sites (tertiary alicyclic amines) is 1. The summed E-state index contributed by atoms with van der Waals surface area (Å²) in [6.07, 6.45) is 6.76. The number of piperidine rings is 1. The molecule has 0 amide bonds. The van der Waals surface area contributed by atoms with E-state index in [2.05, 4.69) is 27.0 Å². The van der Waals surface area contributed by atoms with Crippen LogP contribution in [0.15, 0.2) is 30.5 Å². The van der Waals surface area contributed by atoms with Gasteiger partial charge in [-0.2, -0.15) is 0 Å². The number of nitrogens with two attached hydrogens (primary N) is 1. The summed E-state index contributed by atoms with van der Waals surface area (Å²) >= 11 is 6.21. The van der Waals surface area contributed by atoms with Gasteiger partial charge in [0.2, 0.25) is 0 Å². The van der Waals surface area contributed by atoms with E-state index >= 15 is 0 Å². The molecule has 1 aromatic rings. The van der Waals surface area contributed by atoms with Crippen molar-refractivity contribution in [3.63, 3.8) is 0 Å². The summed E-state index contributed by atoms with van der Waals surface area (Å²) in [6, 6.07) is 4.87. The quantitative estimate of drug-likeness (QED) is 0.918. The van der Waals surface area contributed by atoms with Crippen LogP contribution in [0.1, 0.15) is 18.4 Å². The summed E-state index contributed by atoms with van der Waals surface area (Å²) in [6.45, 7) is 3.46. The number of benzene rings is 1. The number of hydrogen-bond acceptors (Lipinski definition) is 4. The van der Waals surface area contributed by atoms with Crippen molar-refractivity contribution >= 4 is 11.6 Å². The third-order valence-corrected chi connectivity index (χ3v) is 4.90. The lowest BCUT2D eigenvalue weighted by atomic mass is 10.1. The van der Waals surface area contributed by atoms with Crippen molar-refractivity contribution in [1.29, 1.82) is 0 Å². The second-order valence-corrected chi connectivity index (χ2v) is 6.94. The second kappa shape index (κ2) is 7.18. The molecular formula is C17H24ClFN4. The zero-order valence-electron chi connectivity index (χ0n) is 13.5. The van der Waals surface area contributed by atoms with Gasteiger partial charge in [-0.05, 0) is 42.8 Å². The second-order valence-electron chi connectivity index (χ2n) is 6.53. The molecule has 1 aromatic carbocycles. The molecule has 2 unspecified atom stereocenters. The van der Waals surface area contributed by atoms with Crippen LogP contribution < -0.4 is 5.73 Å². The third-order valence-electron chi connectivity index (χ3n) is 4.54. The molecule has 1 saturated heterocycles. The van der Waals surface area contributed by atoms with E-state index in [1.165, 1.54) is 12.1 Å². The highest BCUT2D eigenvalue weighted by atomic mass is 35.5. The Morgan fingerprint density at radius 3 is 2.96 bits per heavy atom. The van der Waals surface area contributed by atoms with E-state index in [-0.39, 0.29) is 18.0 Å². The molecule has 2 aliphatic rings. The molecule has 2 N–H and O–H groups in total. The van der Waals surface area contributed by atoms with E-state index in [4.69, 9.17) is 17.3 Å². The zero-order chi connectivity index (χ0) is 16.4. The van der Waals surface area contributed by atoms with Gasteiger partial charge >= 0.3 is 0 Å². The first kappa shape index (κ1) is 16.7. The lowest BCUT2D eigenvalue weighted by molar-refractivity contribution is 0.0142. The summed E-state index contributed by atoms with van der Waals surface area (Å²) in [5, 5.41) is 0.483. The monoisotopic (exact) mass is 338 g/mol. The van der Waals surface area contributed by atoms with Crippen LogP contribution in [0.3, 0.4) is 0 Å². The van der Waals surface area contributed by atoms with Crippen molar-refractivity contribution in [1.82, 2.24) is 14.7 Å². The van der Waals surface area contributed by atoms with Crippen molar-refractivity contribution in [2.45, 2.75) is 31.6 Å². The van der Waals surface area contributed by atoms with Crippen LogP contribution in [-0.4, -0.2) is 53.7 Å². The van der Waals surface area contributed by atoms with Crippen molar-refractivity contribution in [3.8, 4) is 0 Å². The molecule has 0 bridgehead atoms. The standard InChI is InChI=1S/C17H24ClFN4/c1-21-8-6-17(22-7-2-3-15(20)11-22)23(12-21)10-13-4-5-14(19)9-16(13)18/h4-6,8-9,15,17H,2-3,7,10-12,20H2,1H3. The SMILES string of the molecule is CN1C=CC(N2CCCC(N)C2)N(Cc2ccc(F)cc2Cl)C1. The molecule has 126 valence electrons. The average molecular weight is 339 g/mol. The summed E-state index contributed by atoms with van der Waals surface area (Å²) < 4.78 is 13.3. The molecule has 2 heterocycles. The molecule has 0 aromatic heterocycles. The van der Waals surface area contributed by atoms with Gasteiger partial charge in [-0.1, -0.05) is 17.7 Å². The highest BCUT2D eigenvalue weighted by Crippen LogP contribution is 2.24. The fourth-order valence-corrected chi connectivity index (χ4v) is 3.64. The van der Waals surface area contributed by atoms with Crippen LogP contribution in [0.25, 0.3) is 0 Å². The molecule has 1 fully saturated rings. The van der Waals surface area contributed by atoms with E-state index in [0.29, 0.717) is 11.6 Å². The maximum atomic E-state index is 13.3. The Kier molecular flexibility index (Phi) is 5.21. The van der Waals surface area contributed by atoms with Gasteiger partial charge in [0.05, 0.1) is 12.8 Å². The lowest BCUT2D eigenvalue weighted by Gasteiger charge is -2.45. The molecule has 2 aliphatic heterocycles. The van der Waals surface area contributed by atoms with Crippen LogP contribution >= 0.6 is 11.6 Å². The molecule has 2 atom stereocenters. The number of nitrogens with zero attached hydrogens (tertiary/aromatic N) is 3. The fourth-order valence-electron chi connectivity index (χ4n) is 3.41. The van der Waals surface area contributed by atoms with Gasteiger partial charge in [0, 0.05) is 37.7 Å². The molecule has 0 aliphatic carbocycles. The Morgan fingerprint density at radius 2 is 2.22 bits per heavy atom. The molecule has 0 saturated carbocycles. The van der Waals surface area contributed by atoms with Gasteiger partial charge in [-0.3, -0.25) is 9.80 Å². The van der Waals surface area contributed by atoms with E-state index in [0.717, 1.165) is 38.2 Å². The van der Waals surface area contributed by atoms with Crippen molar-refractivity contribution in [3.05, 3.63) is 46.9 Å². The summed E-state index contributed by atoms with van der Waals surface area (Å²) in [5.74, 6) is -0.298. The largest absolute Gasteiger partial charge is 0.368 e. The van der Waals surface area contributed by atoms with Gasteiger partial charge < -0.3 is 10.6 Å². The highest BCUT2D eigenvalue weighted by Gasteiger charge is 2.29. The summed E-state index contributed by atoms with van der Waals surface area (Å²) in [5.41, 5.74) is 7.09. The van der Waals surface area contributed by atoms with E-state index in [1.54, 1.807) is 6.07 Å². The Morgan fingerprint density at radius 1 is 1.39 bits per heavy atom. The lowest BCUT2D eigenvalue weighted by Crippen LogP contribution is -2.56. The molecular weight excluding hydrogens is 315 g/mol. The fraction of sp³-hybridized carbons (Fsp3) is 0.529. The first-order valence-electron chi connectivity index (χ1n) is 8.09. The molecule has 6 heteroatoms. The molecule has 4 nitrogen and oxygen atoms in total. The van der Waals surface area contributed by atoms with E-state index in [9.17, 15) is 4.39 Å². The van der Waals surface area contributed by atoms with Gasteiger partial charge in [-0.25, -0.2) is 4.39 Å². The van der Waals surface area contributed by atoms with E-state index in [1.807, 2.05) is 7.05 Å². The Balaban J connectivity index is 1.78. The van der Waals surface area contributed by atoms with Crippen molar-refractivity contribution < 1.29 is 4.39 Å². The molecule has 0 spiro atoms. The maximum absolute atomic E-state index is 13.3. The van der Waals surface area contributed by atoms with Crippen LogP contribution in [0.5, 0.6) is 0 Å². The maximum Gasteiger partial charge on any atom is 0.124 e. The van der Waals surface area contributed by atoms with Gasteiger partial charge in [-0.15, -0.1) is 0 Å². The Hall–Kier alpha value is -1.14. The van der Waals surface area contributed by atoms with Gasteiger partial charge in [0.1, 0.15) is 5.82 Å².